The fourth-order valence-corrected chi connectivity index (χ4v) is 2.01. The Balaban J connectivity index is 2.31. The molecule has 1 amide bonds. The van der Waals surface area contributed by atoms with E-state index in [-0.39, 0.29) is 12.2 Å². The minimum atomic E-state index is -1.12. The summed E-state index contributed by atoms with van der Waals surface area (Å²) in [6.45, 7) is 1.16. The van der Waals surface area contributed by atoms with Crippen LogP contribution in [0.1, 0.15) is 6.92 Å². The highest BCUT2D eigenvalue weighted by Gasteiger charge is 2.17. The molecule has 0 aliphatic carbocycles. The molecule has 0 bridgehead atoms. The van der Waals surface area contributed by atoms with Gasteiger partial charge in [-0.15, -0.1) is 0 Å². The molecule has 1 unspecified atom stereocenters. The van der Waals surface area contributed by atoms with Gasteiger partial charge in [-0.2, -0.15) is 0 Å². The van der Waals surface area contributed by atoms with Gasteiger partial charge >= 0.3 is 11.7 Å². The standard InChI is InChI=1S/C13H15N3O4/c1-8(12(18)19)14-11(17)7-16-10-6-4-3-5-9(10)15(2)13(16)20/h3-6,8H,7H2,1-2H3,(H,14,17)(H,18,19). The van der Waals surface area contributed by atoms with Crippen LogP contribution < -0.4 is 11.0 Å². The van der Waals surface area contributed by atoms with Crippen LogP contribution in [0.15, 0.2) is 29.1 Å². The fraction of sp³-hybridized carbons (Fsp3) is 0.308. The molecule has 0 saturated carbocycles. The Hall–Kier alpha value is -2.57. The zero-order chi connectivity index (χ0) is 14.9. The first-order valence-electron chi connectivity index (χ1n) is 6.08. The van der Waals surface area contributed by atoms with Crippen LogP contribution in [-0.4, -0.2) is 32.2 Å². The third kappa shape index (κ3) is 2.42. The number of nitrogens with zero attached hydrogens (tertiary/aromatic N) is 2. The Morgan fingerprint density at radius 2 is 1.90 bits per heavy atom. The van der Waals surface area contributed by atoms with E-state index in [1.54, 1.807) is 31.3 Å². The van der Waals surface area contributed by atoms with Crippen molar-refractivity contribution in [3.05, 3.63) is 34.7 Å². The molecule has 0 aliphatic rings. The van der Waals surface area contributed by atoms with Gasteiger partial charge in [-0.05, 0) is 19.1 Å². The largest absolute Gasteiger partial charge is 0.480 e. The SMILES string of the molecule is CC(NC(=O)Cn1c(=O)n(C)c2ccccc21)C(=O)O. The lowest BCUT2D eigenvalue weighted by Gasteiger charge is -2.09. The number of rotatable bonds is 4. The summed E-state index contributed by atoms with van der Waals surface area (Å²) >= 11 is 0. The third-order valence-electron chi connectivity index (χ3n) is 3.10. The second-order valence-corrected chi connectivity index (χ2v) is 4.54. The van der Waals surface area contributed by atoms with Crippen molar-refractivity contribution >= 4 is 22.9 Å². The van der Waals surface area contributed by atoms with Crippen molar-refractivity contribution in [2.45, 2.75) is 19.5 Å². The smallest absolute Gasteiger partial charge is 0.329 e. The molecule has 1 aromatic heterocycles. The molecule has 2 rings (SSSR count). The number of hydrogen-bond acceptors (Lipinski definition) is 3. The van der Waals surface area contributed by atoms with Crippen LogP contribution in [0.4, 0.5) is 0 Å². The highest BCUT2D eigenvalue weighted by molar-refractivity contribution is 5.84. The van der Waals surface area contributed by atoms with Crippen LogP contribution in [0.5, 0.6) is 0 Å². The van der Waals surface area contributed by atoms with Crippen LogP contribution >= 0.6 is 0 Å². The number of para-hydroxylation sites is 2. The lowest BCUT2D eigenvalue weighted by Crippen LogP contribution is -2.41. The van der Waals surface area contributed by atoms with Crippen molar-refractivity contribution in [1.82, 2.24) is 14.5 Å². The van der Waals surface area contributed by atoms with Crippen molar-refractivity contribution < 1.29 is 14.7 Å². The van der Waals surface area contributed by atoms with Crippen LogP contribution in [0.25, 0.3) is 11.0 Å². The van der Waals surface area contributed by atoms with Crippen molar-refractivity contribution in [1.29, 1.82) is 0 Å². The quantitative estimate of drug-likeness (QED) is 0.818. The molecule has 0 radical (unpaired) electrons. The van der Waals surface area contributed by atoms with E-state index in [2.05, 4.69) is 5.32 Å². The second-order valence-electron chi connectivity index (χ2n) is 4.54. The van der Waals surface area contributed by atoms with Gasteiger partial charge in [-0.1, -0.05) is 12.1 Å². The summed E-state index contributed by atoms with van der Waals surface area (Å²) in [6.07, 6.45) is 0. The summed E-state index contributed by atoms with van der Waals surface area (Å²) in [6, 6.07) is 6.11. The number of carbonyl (C=O) groups is 2. The number of nitrogens with one attached hydrogen (secondary N) is 1. The molecule has 1 aromatic carbocycles. The van der Waals surface area contributed by atoms with Crippen LogP contribution in [-0.2, 0) is 23.2 Å². The lowest BCUT2D eigenvalue weighted by atomic mass is 10.3. The Labute approximate surface area is 114 Å². The zero-order valence-corrected chi connectivity index (χ0v) is 11.2. The number of carboxylic acid groups (broad SMARTS) is 1. The third-order valence-corrected chi connectivity index (χ3v) is 3.10. The number of amides is 1. The number of carbonyl (C=O) groups excluding carboxylic acids is 1. The highest BCUT2D eigenvalue weighted by atomic mass is 16.4. The molecular weight excluding hydrogens is 262 g/mol. The first-order valence-corrected chi connectivity index (χ1v) is 6.08. The maximum atomic E-state index is 12.1. The van der Waals surface area contributed by atoms with E-state index in [1.165, 1.54) is 16.1 Å². The predicted molar refractivity (Wildman–Crippen MR) is 72.4 cm³/mol. The van der Waals surface area contributed by atoms with Crippen LogP contribution in [0.3, 0.4) is 0 Å². The molecule has 0 aliphatic heterocycles. The molecule has 0 spiro atoms. The first-order chi connectivity index (χ1) is 9.41. The van der Waals surface area contributed by atoms with E-state index in [1.807, 2.05) is 0 Å². The van der Waals surface area contributed by atoms with Gasteiger partial charge in [0.2, 0.25) is 5.91 Å². The number of aromatic nitrogens is 2. The van der Waals surface area contributed by atoms with Crippen LogP contribution in [0.2, 0.25) is 0 Å². The summed E-state index contributed by atoms with van der Waals surface area (Å²) in [5.41, 5.74) is 1.04. The van der Waals surface area contributed by atoms with Gasteiger partial charge in [0.1, 0.15) is 12.6 Å². The first kappa shape index (κ1) is 13.9. The second kappa shape index (κ2) is 5.20. The van der Waals surface area contributed by atoms with Crippen molar-refractivity contribution in [3.8, 4) is 0 Å². The van der Waals surface area contributed by atoms with Gasteiger partial charge in [0.05, 0.1) is 11.0 Å². The van der Waals surface area contributed by atoms with E-state index < -0.39 is 17.9 Å². The van der Waals surface area contributed by atoms with Crippen molar-refractivity contribution in [2.24, 2.45) is 7.05 Å². The fourth-order valence-electron chi connectivity index (χ4n) is 2.01. The number of fused-ring (bicyclic) bond motifs is 1. The number of hydrogen-bond donors (Lipinski definition) is 2. The number of imidazole rings is 1. The van der Waals surface area contributed by atoms with E-state index in [4.69, 9.17) is 5.11 Å². The minimum absolute atomic E-state index is 0.211. The Morgan fingerprint density at radius 3 is 2.50 bits per heavy atom. The van der Waals surface area contributed by atoms with E-state index in [0.29, 0.717) is 5.52 Å². The molecule has 0 saturated heterocycles. The molecule has 7 nitrogen and oxygen atoms in total. The van der Waals surface area contributed by atoms with Crippen LogP contribution in [0, 0.1) is 0 Å². The molecule has 0 fully saturated rings. The average molecular weight is 277 g/mol. The van der Waals surface area contributed by atoms with Gasteiger partial charge in [0.15, 0.2) is 0 Å². The predicted octanol–water partition coefficient (Wildman–Crippen LogP) is -0.0707. The normalized spacial score (nSPS) is 12.3. The maximum absolute atomic E-state index is 12.1. The Kier molecular flexibility index (Phi) is 3.60. The van der Waals surface area contributed by atoms with Gasteiger partial charge in [0.25, 0.3) is 0 Å². The lowest BCUT2D eigenvalue weighted by molar-refractivity contribution is -0.141. The minimum Gasteiger partial charge on any atom is -0.480 e. The summed E-state index contributed by atoms with van der Waals surface area (Å²) in [5, 5.41) is 11.1. The molecule has 2 N–H and O–H groups in total. The molecular formula is C13H15N3O4. The number of aliphatic carboxylic acids is 1. The van der Waals surface area contributed by atoms with Gasteiger partial charge in [-0.3, -0.25) is 18.7 Å². The van der Waals surface area contributed by atoms with Crippen molar-refractivity contribution in [3.63, 3.8) is 0 Å². The molecule has 7 heteroatoms. The topological polar surface area (TPSA) is 93.3 Å². The highest BCUT2D eigenvalue weighted by Crippen LogP contribution is 2.11. The zero-order valence-electron chi connectivity index (χ0n) is 11.2. The Bertz CT molecular complexity index is 729. The molecule has 1 heterocycles. The summed E-state index contributed by atoms with van der Waals surface area (Å²) in [5.74, 6) is -1.64. The Morgan fingerprint density at radius 1 is 1.30 bits per heavy atom. The number of aryl methyl sites for hydroxylation is 1. The number of benzene rings is 1. The monoisotopic (exact) mass is 277 g/mol. The molecule has 2 aromatic rings. The molecule has 106 valence electrons. The summed E-state index contributed by atoms with van der Waals surface area (Å²) in [4.78, 5) is 34.5. The van der Waals surface area contributed by atoms with E-state index >= 15 is 0 Å². The number of carboxylic acids is 1. The summed E-state index contributed by atoms with van der Waals surface area (Å²) in [7, 11) is 1.62. The van der Waals surface area contributed by atoms with Gasteiger partial charge < -0.3 is 10.4 Å². The molecule has 20 heavy (non-hydrogen) atoms. The average Bonchev–Trinajstić information content (AvgIpc) is 2.64. The van der Waals surface area contributed by atoms with E-state index in [9.17, 15) is 14.4 Å². The maximum Gasteiger partial charge on any atom is 0.329 e. The van der Waals surface area contributed by atoms with Gasteiger partial charge in [0, 0.05) is 7.05 Å². The van der Waals surface area contributed by atoms with Gasteiger partial charge in [-0.25, -0.2) is 4.79 Å². The molecule has 1 atom stereocenters. The van der Waals surface area contributed by atoms with Crippen molar-refractivity contribution in [2.75, 3.05) is 0 Å². The summed E-state index contributed by atoms with van der Waals surface area (Å²) < 4.78 is 2.77. The van der Waals surface area contributed by atoms with E-state index in [0.717, 1.165) is 5.52 Å².